The van der Waals surface area contributed by atoms with Crippen LogP contribution in [0.1, 0.15) is 5.56 Å². The topological polar surface area (TPSA) is 75.3 Å². The Bertz CT molecular complexity index is 408. The van der Waals surface area contributed by atoms with Gasteiger partial charge in [0.05, 0.1) is 17.3 Å². The molecular weight excluding hydrogens is 204 g/mol. The molecule has 2 rings (SSSR count). The first-order valence-corrected chi connectivity index (χ1v) is 4.47. The van der Waals surface area contributed by atoms with Crippen LogP contribution in [0.25, 0.3) is 0 Å². The zero-order valence-electron chi connectivity index (χ0n) is 7.25. The first-order chi connectivity index (χ1) is 6.59. The molecule has 0 unspecified atom stereocenters. The van der Waals surface area contributed by atoms with Crippen molar-refractivity contribution in [2.75, 3.05) is 11.9 Å². The van der Waals surface area contributed by atoms with Crippen LogP contribution in [-0.2, 0) is 10.3 Å². The zero-order chi connectivity index (χ0) is 10.3. The van der Waals surface area contributed by atoms with Gasteiger partial charge < -0.3 is 16.2 Å². The molecule has 0 saturated carbocycles. The summed E-state index contributed by atoms with van der Waals surface area (Å²) in [5.41, 5.74) is 5.44. The van der Waals surface area contributed by atoms with Crippen molar-refractivity contribution in [3.05, 3.63) is 28.8 Å². The van der Waals surface area contributed by atoms with Crippen molar-refractivity contribution < 1.29 is 9.90 Å². The number of rotatable bonds is 1. The number of hydrogen-bond donors (Lipinski definition) is 3. The Morgan fingerprint density at radius 1 is 1.57 bits per heavy atom. The van der Waals surface area contributed by atoms with E-state index in [0.29, 0.717) is 16.3 Å². The highest BCUT2D eigenvalue weighted by atomic mass is 35.5. The van der Waals surface area contributed by atoms with E-state index < -0.39 is 18.1 Å². The maximum atomic E-state index is 11.5. The Balaban J connectivity index is 2.64. The van der Waals surface area contributed by atoms with Gasteiger partial charge in [-0.15, -0.1) is 0 Å². The minimum atomic E-state index is -1.36. The molecule has 1 aliphatic rings. The van der Waals surface area contributed by atoms with E-state index in [1.54, 1.807) is 18.2 Å². The van der Waals surface area contributed by atoms with Gasteiger partial charge in [0.25, 0.3) is 5.91 Å². The summed E-state index contributed by atoms with van der Waals surface area (Å²) >= 11 is 5.87. The maximum Gasteiger partial charge on any atom is 0.251 e. The fourth-order valence-corrected chi connectivity index (χ4v) is 1.75. The summed E-state index contributed by atoms with van der Waals surface area (Å²) in [7, 11) is 0. The second-order valence-corrected chi connectivity index (χ2v) is 3.65. The molecule has 0 spiro atoms. The normalized spacial score (nSPS) is 24.6. The van der Waals surface area contributed by atoms with Gasteiger partial charge in [-0.05, 0) is 6.07 Å². The highest BCUT2D eigenvalue weighted by molar-refractivity contribution is 6.34. The number of carbonyl (C=O) groups is 1. The molecule has 0 bridgehead atoms. The average molecular weight is 213 g/mol. The van der Waals surface area contributed by atoms with Gasteiger partial charge in [0, 0.05) is 5.56 Å². The highest BCUT2D eigenvalue weighted by Gasteiger charge is 2.43. The monoisotopic (exact) mass is 212 g/mol. The van der Waals surface area contributed by atoms with Crippen LogP contribution in [0.3, 0.4) is 0 Å². The first-order valence-electron chi connectivity index (χ1n) is 4.10. The van der Waals surface area contributed by atoms with Crippen LogP contribution in [0.4, 0.5) is 5.69 Å². The van der Waals surface area contributed by atoms with Gasteiger partial charge in [0.15, 0.2) is 0 Å². The van der Waals surface area contributed by atoms with Gasteiger partial charge in [-0.3, -0.25) is 4.79 Å². The van der Waals surface area contributed by atoms with Crippen LogP contribution in [0, 0.1) is 0 Å². The van der Waals surface area contributed by atoms with E-state index >= 15 is 0 Å². The van der Waals surface area contributed by atoms with Gasteiger partial charge in [-0.25, -0.2) is 0 Å². The SMILES string of the molecule is N[C@@]1(CO)C(=O)Nc2c(Cl)cccc21. The minimum absolute atomic E-state index is 0.427. The molecule has 1 aromatic rings. The highest BCUT2D eigenvalue weighted by Crippen LogP contribution is 2.38. The number of amides is 1. The van der Waals surface area contributed by atoms with Gasteiger partial charge >= 0.3 is 0 Å². The number of aliphatic hydroxyl groups is 1. The van der Waals surface area contributed by atoms with E-state index in [4.69, 9.17) is 22.4 Å². The molecule has 0 radical (unpaired) electrons. The number of anilines is 1. The van der Waals surface area contributed by atoms with Crippen LogP contribution >= 0.6 is 11.6 Å². The average Bonchev–Trinajstić information content (AvgIpc) is 2.43. The summed E-state index contributed by atoms with van der Waals surface area (Å²) in [6, 6.07) is 5.03. The summed E-state index contributed by atoms with van der Waals surface area (Å²) in [5, 5.41) is 12.1. The van der Waals surface area contributed by atoms with Crippen LogP contribution in [-0.4, -0.2) is 17.6 Å². The fourth-order valence-electron chi connectivity index (χ4n) is 1.53. The zero-order valence-corrected chi connectivity index (χ0v) is 8.01. The molecule has 1 aliphatic heterocycles. The molecule has 1 heterocycles. The number of fused-ring (bicyclic) bond motifs is 1. The summed E-state index contributed by atoms with van der Waals surface area (Å²) in [6.45, 7) is -0.438. The van der Waals surface area contributed by atoms with Crippen LogP contribution in [0.2, 0.25) is 5.02 Å². The minimum Gasteiger partial charge on any atom is -0.394 e. The van der Waals surface area contributed by atoms with Crippen molar-refractivity contribution in [1.82, 2.24) is 0 Å². The molecule has 0 saturated heterocycles. The standard InChI is InChI=1S/C9H9ClN2O2/c10-6-3-1-2-5-7(6)12-8(14)9(5,11)4-13/h1-3,13H,4,11H2,(H,12,14)/t9-/m1/s1. The number of nitrogens with two attached hydrogens (primary N) is 1. The largest absolute Gasteiger partial charge is 0.394 e. The molecule has 4 nitrogen and oxygen atoms in total. The Kier molecular flexibility index (Phi) is 1.99. The molecule has 5 heteroatoms. The first kappa shape index (κ1) is 9.45. The molecule has 14 heavy (non-hydrogen) atoms. The molecule has 0 fully saturated rings. The van der Waals surface area contributed by atoms with Crippen molar-refractivity contribution in [1.29, 1.82) is 0 Å². The van der Waals surface area contributed by atoms with Gasteiger partial charge in [-0.1, -0.05) is 23.7 Å². The number of halogens is 1. The van der Waals surface area contributed by atoms with Crippen LogP contribution in [0.5, 0.6) is 0 Å². The third-order valence-electron chi connectivity index (χ3n) is 2.39. The molecular formula is C9H9ClN2O2. The van der Waals surface area contributed by atoms with Crippen LogP contribution < -0.4 is 11.1 Å². The second-order valence-electron chi connectivity index (χ2n) is 3.25. The Morgan fingerprint density at radius 3 is 2.93 bits per heavy atom. The Labute approximate surface area is 85.7 Å². The van der Waals surface area contributed by atoms with E-state index in [9.17, 15) is 4.79 Å². The smallest absolute Gasteiger partial charge is 0.251 e. The Morgan fingerprint density at radius 2 is 2.29 bits per heavy atom. The number of nitrogens with one attached hydrogen (secondary N) is 1. The predicted molar refractivity (Wildman–Crippen MR) is 53.0 cm³/mol. The lowest BCUT2D eigenvalue weighted by molar-refractivity contribution is -0.122. The lowest BCUT2D eigenvalue weighted by Gasteiger charge is -2.18. The van der Waals surface area contributed by atoms with E-state index in [0.717, 1.165) is 0 Å². The number of hydrogen-bond acceptors (Lipinski definition) is 3. The fraction of sp³-hybridized carbons (Fsp3) is 0.222. The molecule has 0 aromatic heterocycles. The van der Waals surface area contributed by atoms with E-state index in [1.807, 2.05) is 0 Å². The van der Waals surface area contributed by atoms with E-state index in [-0.39, 0.29) is 0 Å². The lowest BCUT2D eigenvalue weighted by atomic mass is 9.94. The van der Waals surface area contributed by atoms with E-state index in [1.165, 1.54) is 0 Å². The summed E-state index contributed by atoms with van der Waals surface area (Å²) in [4.78, 5) is 11.5. The Hall–Kier alpha value is -1.10. The van der Waals surface area contributed by atoms with Crippen molar-refractivity contribution in [3.8, 4) is 0 Å². The van der Waals surface area contributed by atoms with Crippen molar-refractivity contribution >= 4 is 23.2 Å². The predicted octanol–water partition coefficient (Wildman–Crippen LogP) is 0.438. The number of aliphatic hydroxyl groups excluding tert-OH is 1. The van der Waals surface area contributed by atoms with Gasteiger partial charge in [0.2, 0.25) is 0 Å². The van der Waals surface area contributed by atoms with Gasteiger partial charge in [-0.2, -0.15) is 0 Å². The lowest BCUT2D eigenvalue weighted by Crippen LogP contribution is -2.46. The van der Waals surface area contributed by atoms with Crippen molar-refractivity contribution in [2.24, 2.45) is 5.73 Å². The third kappa shape index (κ3) is 1.05. The quantitative estimate of drug-likeness (QED) is 0.632. The number of carbonyl (C=O) groups excluding carboxylic acids is 1. The molecule has 0 aliphatic carbocycles. The second kappa shape index (κ2) is 2.95. The number of benzene rings is 1. The molecule has 1 atom stereocenters. The summed E-state index contributed by atoms with van der Waals surface area (Å²) in [6.07, 6.45) is 0. The van der Waals surface area contributed by atoms with Gasteiger partial charge in [0.1, 0.15) is 5.54 Å². The summed E-state index contributed by atoms with van der Waals surface area (Å²) < 4.78 is 0. The van der Waals surface area contributed by atoms with E-state index in [2.05, 4.69) is 5.32 Å². The van der Waals surface area contributed by atoms with Crippen molar-refractivity contribution in [2.45, 2.75) is 5.54 Å². The molecule has 74 valence electrons. The molecule has 4 N–H and O–H groups in total. The molecule has 1 aromatic carbocycles. The number of para-hydroxylation sites is 1. The van der Waals surface area contributed by atoms with Crippen LogP contribution in [0.15, 0.2) is 18.2 Å². The third-order valence-corrected chi connectivity index (χ3v) is 2.70. The maximum absolute atomic E-state index is 11.5. The van der Waals surface area contributed by atoms with Crippen molar-refractivity contribution in [3.63, 3.8) is 0 Å². The molecule has 1 amide bonds. The summed E-state index contributed by atoms with van der Waals surface area (Å²) in [5.74, 6) is -0.428.